The number of pyridine rings is 1. The van der Waals surface area contributed by atoms with Gasteiger partial charge in [-0.1, -0.05) is 17.7 Å². The number of nitrogens with zero attached hydrogens (tertiary/aromatic N) is 3. The van der Waals surface area contributed by atoms with Gasteiger partial charge in [0.2, 0.25) is 5.91 Å². The fraction of sp³-hybridized carbons (Fsp3) is 0.364. The summed E-state index contributed by atoms with van der Waals surface area (Å²) in [5.41, 5.74) is 1.59. The lowest BCUT2D eigenvalue weighted by atomic mass is 10.1. The molecule has 2 aliphatic heterocycles. The molecule has 162 valence electrons. The second kappa shape index (κ2) is 7.76. The number of alkyl halides is 1. The van der Waals surface area contributed by atoms with Crippen LogP contribution in [0, 0.1) is 5.82 Å². The minimum atomic E-state index is -1.02. The maximum absolute atomic E-state index is 13.7. The normalized spacial score (nSPS) is 19.2. The molecule has 2 aromatic heterocycles. The SMILES string of the molecule is O=C(Cn1ccc2c(c(-c3ccc(F)c(Cl)c3)cn2C2COC2)c1=O)N1CCC(F)C1. The lowest BCUT2D eigenvalue weighted by Gasteiger charge is -2.28. The molecule has 2 aliphatic rings. The number of fused-ring (bicyclic) bond motifs is 1. The van der Waals surface area contributed by atoms with E-state index in [9.17, 15) is 18.4 Å². The molecule has 6 nitrogen and oxygen atoms in total. The third-order valence-electron chi connectivity index (χ3n) is 5.99. The van der Waals surface area contributed by atoms with Crippen molar-refractivity contribution in [2.75, 3.05) is 26.3 Å². The van der Waals surface area contributed by atoms with Gasteiger partial charge in [-0.05, 0) is 30.2 Å². The van der Waals surface area contributed by atoms with Crippen molar-refractivity contribution >= 4 is 28.4 Å². The maximum Gasteiger partial charge on any atom is 0.261 e. The lowest BCUT2D eigenvalue weighted by molar-refractivity contribution is -0.131. The predicted octanol–water partition coefficient (Wildman–Crippen LogP) is 3.40. The van der Waals surface area contributed by atoms with Crippen LogP contribution in [0.15, 0.2) is 41.5 Å². The number of carbonyl (C=O) groups excluding carboxylic acids is 1. The molecule has 0 bridgehead atoms. The number of halogens is 3. The first kappa shape index (κ1) is 20.2. The zero-order chi connectivity index (χ0) is 21.7. The van der Waals surface area contributed by atoms with Gasteiger partial charge in [0.1, 0.15) is 18.5 Å². The van der Waals surface area contributed by atoms with Crippen LogP contribution >= 0.6 is 11.6 Å². The van der Waals surface area contributed by atoms with Crippen molar-refractivity contribution in [1.82, 2.24) is 14.0 Å². The van der Waals surface area contributed by atoms with Gasteiger partial charge in [-0.3, -0.25) is 9.59 Å². The Kier molecular flexibility index (Phi) is 5.06. The van der Waals surface area contributed by atoms with Crippen molar-refractivity contribution in [1.29, 1.82) is 0 Å². The molecule has 1 amide bonds. The first-order valence-electron chi connectivity index (χ1n) is 10.1. The summed E-state index contributed by atoms with van der Waals surface area (Å²) in [6.45, 7) is 1.33. The van der Waals surface area contributed by atoms with E-state index in [-0.39, 0.29) is 35.6 Å². The van der Waals surface area contributed by atoms with E-state index in [4.69, 9.17) is 16.3 Å². The summed E-state index contributed by atoms with van der Waals surface area (Å²) in [5.74, 6) is -0.832. The molecule has 2 fully saturated rings. The molecular weight excluding hydrogens is 428 g/mol. The lowest BCUT2D eigenvalue weighted by Crippen LogP contribution is -2.35. The van der Waals surface area contributed by atoms with Crippen LogP contribution in [-0.4, -0.2) is 52.4 Å². The Morgan fingerprint density at radius 2 is 2.06 bits per heavy atom. The van der Waals surface area contributed by atoms with Gasteiger partial charge < -0.3 is 18.8 Å². The molecule has 0 aliphatic carbocycles. The number of likely N-dealkylation sites (tertiary alicyclic amines) is 1. The van der Waals surface area contributed by atoms with Crippen LogP contribution in [0.2, 0.25) is 5.02 Å². The van der Waals surface area contributed by atoms with Gasteiger partial charge >= 0.3 is 0 Å². The molecule has 2 saturated heterocycles. The number of carbonyl (C=O) groups is 1. The number of benzene rings is 1. The second-order valence-electron chi connectivity index (χ2n) is 8.00. The summed E-state index contributed by atoms with van der Waals surface area (Å²) in [5, 5.41) is 0.390. The fourth-order valence-corrected chi connectivity index (χ4v) is 4.37. The summed E-state index contributed by atoms with van der Waals surface area (Å²) < 4.78 is 35.8. The van der Waals surface area contributed by atoms with Gasteiger partial charge in [0.05, 0.1) is 41.7 Å². The minimum Gasteiger partial charge on any atom is -0.377 e. The van der Waals surface area contributed by atoms with Crippen LogP contribution < -0.4 is 5.56 Å². The molecule has 0 spiro atoms. The Balaban J connectivity index is 1.60. The number of hydrogen-bond acceptors (Lipinski definition) is 3. The number of ether oxygens (including phenoxy) is 1. The van der Waals surface area contributed by atoms with Crippen molar-refractivity contribution < 1.29 is 18.3 Å². The number of amides is 1. The zero-order valence-electron chi connectivity index (χ0n) is 16.6. The monoisotopic (exact) mass is 447 g/mol. The van der Waals surface area contributed by atoms with Gasteiger partial charge in [-0.25, -0.2) is 8.78 Å². The molecule has 1 unspecified atom stereocenters. The number of aromatic nitrogens is 2. The molecule has 5 rings (SSSR count). The molecule has 9 heteroatoms. The number of hydrogen-bond donors (Lipinski definition) is 0. The van der Waals surface area contributed by atoms with Gasteiger partial charge in [0.25, 0.3) is 5.56 Å². The van der Waals surface area contributed by atoms with Crippen molar-refractivity contribution in [3.8, 4) is 11.1 Å². The summed E-state index contributed by atoms with van der Waals surface area (Å²) >= 11 is 5.98. The average Bonchev–Trinajstić information content (AvgIpc) is 3.30. The van der Waals surface area contributed by atoms with Crippen LogP contribution in [0.3, 0.4) is 0 Å². The summed E-state index contributed by atoms with van der Waals surface area (Å²) in [4.78, 5) is 27.4. The van der Waals surface area contributed by atoms with Gasteiger partial charge in [0, 0.05) is 24.5 Å². The van der Waals surface area contributed by atoms with E-state index in [0.717, 1.165) is 0 Å². The first-order valence-corrected chi connectivity index (χ1v) is 10.5. The molecule has 4 heterocycles. The van der Waals surface area contributed by atoms with E-state index < -0.39 is 12.0 Å². The van der Waals surface area contributed by atoms with E-state index in [1.54, 1.807) is 18.3 Å². The highest BCUT2D eigenvalue weighted by molar-refractivity contribution is 6.31. The molecule has 0 saturated carbocycles. The van der Waals surface area contributed by atoms with E-state index in [0.29, 0.717) is 48.2 Å². The topological polar surface area (TPSA) is 56.5 Å². The highest BCUT2D eigenvalue weighted by Crippen LogP contribution is 2.34. The summed E-state index contributed by atoms with van der Waals surface area (Å²) in [6, 6.07) is 6.21. The Labute approximate surface area is 181 Å². The molecule has 31 heavy (non-hydrogen) atoms. The fourth-order valence-electron chi connectivity index (χ4n) is 4.19. The highest BCUT2D eigenvalue weighted by Gasteiger charge is 2.28. The summed E-state index contributed by atoms with van der Waals surface area (Å²) in [6.07, 6.45) is 2.74. The molecule has 0 radical (unpaired) electrons. The van der Waals surface area contributed by atoms with E-state index in [2.05, 4.69) is 0 Å². The molecule has 0 N–H and O–H groups in total. The Morgan fingerprint density at radius 3 is 2.71 bits per heavy atom. The van der Waals surface area contributed by atoms with Crippen LogP contribution in [-0.2, 0) is 16.1 Å². The van der Waals surface area contributed by atoms with Crippen LogP contribution in [0.25, 0.3) is 22.0 Å². The zero-order valence-corrected chi connectivity index (χ0v) is 17.3. The van der Waals surface area contributed by atoms with Crippen molar-refractivity contribution in [2.45, 2.75) is 25.2 Å². The first-order chi connectivity index (χ1) is 14.9. The van der Waals surface area contributed by atoms with Crippen LogP contribution in [0.4, 0.5) is 8.78 Å². The minimum absolute atomic E-state index is 0.0355. The molecule has 1 atom stereocenters. The molecule has 1 aromatic carbocycles. The largest absolute Gasteiger partial charge is 0.377 e. The highest BCUT2D eigenvalue weighted by atomic mass is 35.5. The van der Waals surface area contributed by atoms with Gasteiger partial charge in [-0.15, -0.1) is 0 Å². The number of rotatable bonds is 4. The van der Waals surface area contributed by atoms with Crippen LogP contribution in [0.5, 0.6) is 0 Å². The van der Waals surface area contributed by atoms with Gasteiger partial charge in [0.15, 0.2) is 0 Å². The van der Waals surface area contributed by atoms with Crippen molar-refractivity contribution in [3.63, 3.8) is 0 Å². The van der Waals surface area contributed by atoms with Crippen molar-refractivity contribution in [2.24, 2.45) is 0 Å². The Bertz CT molecular complexity index is 1230. The van der Waals surface area contributed by atoms with Crippen LogP contribution in [0.1, 0.15) is 12.5 Å². The molecule has 3 aromatic rings. The smallest absolute Gasteiger partial charge is 0.261 e. The Hall–Kier alpha value is -2.71. The van der Waals surface area contributed by atoms with E-state index in [1.165, 1.54) is 21.6 Å². The molecular formula is C22H20ClF2N3O3. The maximum atomic E-state index is 13.7. The quantitative estimate of drug-likeness (QED) is 0.616. The second-order valence-corrected chi connectivity index (χ2v) is 8.41. The van der Waals surface area contributed by atoms with Gasteiger partial charge in [-0.2, -0.15) is 0 Å². The predicted molar refractivity (Wildman–Crippen MR) is 113 cm³/mol. The third kappa shape index (κ3) is 3.53. The Morgan fingerprint density at radius 1 is 1.26 bits per heavy atom. The van der Waals surface area contributed by atoms with Crippen molar-refractivity contribution in [3.05, 3.63) is 57.9 Å². The standard InChI is InChI=1S/C22H20ClF2N3O3/c23-17-7-13(1-2-18(17)25)16-9-28(15-11-31-12-15)19-4-6-27(22(30)21(16)19)10-20(29)26-5-3-14(24)8-26/h1-2,4,6-7,9,14-15H,3,5,8,10-12H2. The van der Waals surface area contributed by atoms with E-state index in [1.807, 2.05) is 10.8 Å². The van der Waals surface area contributed by atoms with E-state index >= 15 is 0 Å². The third-order valence-corrected chi connectivity index (χ3v) is 6.28. The average molecular weight is 448 g/mol. The summed E-state index contributed by atoms with van der Waals surface area (Å²) in [7, 11) is 0.